The standard InChI is InChI=1S/C25H32N2O3Si/c1-7-31(6,8-2)22-13-18(25(3,4)5)20(14-21(22)28)27-24(30)17-15-26-19-12-10-9-11-16(19)23(17)29/h9-15,28H,7-8H2,1-6H3,(H,26,29)(H,27,30). The van der Waals surface area contributed by atoms with E-state index >= 15 is 0 Å². The topological polar surface area (TPSA) is 82.2 Å². The second-order valence-corrected chi connectivity index (χ2v) is 14.5. The number of benzene rings is 2. The lowest BCUT2D eigenvalue weighted by Crippen LogP contribution is -2.44. The fraction of sp³-hybridized carbons (Fsp3) is 0.360. The highest BCUT2D eigenvalue weighted by molar-refractivity contribution is 6.91. The Labute approximate surface area is 184 Å². The maximum Gasteiger partial charge on any atom is 0.261 e. The average molecular weight is 437 g/mol. The van der Waals surface area contributed by atoms with Gasteiger partial charge in [0.05, 0.1) is 8.07 Å². The predicted molar refractivity (Wildman–Crippen MR) is 132 cm³/mol. The third kappa shape index (κ3) is 4.30. The van der Waals surface area contributed by atoms with Crippen LogP contribution < -0.4 is 15.9 Å². The lowest BCUT2D eigenvalue weighted by molar-refractivity contribution is 0.102. The molecule has 0 unspecified atom stereocenters. The summed E-state index contributed by atoms with van der Waals surface area (Å²) in [4.78, 5) is 28.9. The molecule has 1 aromatic heterocycles. The molecule has 0 saturated carbocycles. The number of aromatic hydroxyl groups is 1. The summed E-state index contributed by atoms with van der Waals surface area (Å²) in [5.41, 5.74) is 1.65. The van der Waals surface area contributed by atoms with Gasteiger partial charge < -0.3 is 15.4 Å². The van der Waals surface area contributed by atoms with Crippen LogP contribution in [0.4, 0.5) is 5.69 Å². The number of hydrogen-bond acceptors (Lipinski definition) is 3. The van der Waals surface area contributed by atoms with Crippen LogP contribution in [0.5, 0.6) is 5.75 Å². The van der Waals surface area contributed by atoms with Crippen LogP contribution in [0, 0.1) is 0 Å². The smallest absolute Gasteiger partial charge is 0.261 e. The summed E-state index contributed by atoms with van der Waals surface area (Å²) in [6, 6.07) is 12.9. The highest BCUT2D eigenvalue weighted by atomic mass is 28.3. The minimum absolute atomic E-state index is 0.0449. The third-order valence-electron chi connectivity index (χ3n) is 6.44. The van der Waals surface area contributed by atoms with Gasteiger partial charge in [-0.05, 0) is 28.3 Å². The highest BCUT2D eigenvalue weighted by Crippen LogP contribution is 2.34. The van der Waals surface area contributed by atoms with Crippen molar-refractivity contribution >= 4 is 35.8 Å². The van der Waals surface area contributed by atoms with Gasteiger partial charge in [0.2, 0.25) is 5.43 Å². The molecule has 1 amide bonds. The minimum atomic E-state index is -1.81. The van der Waals surface area contributed by atoms with Gasteiger partial charge in [-0.2, -0.15) is 0 Å². The first kappa shape index (κ1) is 22.8. The maximum absolute atomic E-state index is 13.1. The molecule has 0 aliphatic rings. The number of aromatic amines is 1. The van der Waals surface area contributed by atoms with E-state index in [1.165, 1.54) is 6.20 Å². The number of amides is 1. The van der Waals surface area contributed by atoms with E-state index < -0.39 is 14.0 Å². The van der Waals surface area contributed by atoms with Crippen molar-refractivity contribution in [3.8, 4) is 5.75 Å². The summed E-state index contributed by atoms with van der Waals surface area (Å²) < 4.78 is 0. The molecule has 6 heteroatoms. The second-order valence-electron chi connectivity index (χ2n) is 9.46. The summed E-state index contributed by atoms with van der Waals surface area (Å²) in [6.07, 6.45) is 1.45. The van der Waals surface area contributed by atoms with Crippen LogP contribution in [-0.4, -0.2) is 24.1 Å². The number of rotatable bonds is 5. The number of aromatic nitrogens is 1. The summed E-state index contributed by atoms with van der Waals surface area (Å²) in [5.74, 6) is -0.274. The minimum Gasteiger partial charge on any atom is -0.508 e. The fourth-order valence-electron chi connectivity index (χ4n) is 3.95. The molecule has 3 aromatic rings. The van der Waals surface area contributed by atoms with Crippen molar-refractivity contribution in [2.45, 2.75) is 58.7 Å². The molecular weight excluding hydrogens is 404 g/mol. The molecule has 0 atom stereocenters. The molecule has 1 heterocycles. The van der Waals surface area contributed by atoms with E-state index in [1.807, 2.05) is 6.07 Å². The molecule has 164 valence electrons. The number of phenols is 1. The number of fused-ring (bicyclic) bond motifs is 1. The van der Waals surface area contributed by atoms with Gasteiger partial charge in [0.1, 0.15) is 11.3 Å². The quantitative estimate of drug-likeness (QED) is 0.486. The zero-order valence-electron chi connectivity index (χ0n) is 19.2. The van der Waals surface area contributed by atoms with Gasteiger partial charge in [-0.3, -0.25) is 9.59 Å². The van der Waals surface area contributed by atoms with Gasteiger partial charge in [-0.25, -0.2) is 0 Å². The van der Waals surface area contributed by atoms with Crippen LogP contribution in [0.1, 0.15) is 50.5 Å². The van der Waals surface area contributed by atoms with E-state index in [4.69, 9.17) is 0 Å². The molecule has 0 saturated heterocycles. The first-order valence-corrected chi connectivity index (χ1v) is 13.7. The average Bonchev–Trinajstić information content (AvgIpc) is 2.72. The molecule has 3 N–H and O–H groups in total. The Bertz CT molecular complexity index is 1190. The van der Waals surface area contributed by atoms with E-state index in [2.05, 4.69) is 57.5 Å². The molecule has 0 aliphatic carbocycles. The summed E-state index contributed by atoms with van der Waals surface area (Å²) in [6.45, 7) is 12.9. The highest BCUT2D eigenvalue weighted by Gasteiger charge is 2.31. The van der Waals surface area contributed by atoms with Gasteiger partial charge >= 0.3 is 0 Å². The monoisotopic (exact) mass is 436 g/mol. The van der Waals surface area contributed by atoms with Crippen LogP contribution in [0.25, 0.3) is 10.9 Å². The Morgan fingerprint density at radius 3 is 2.39 bits per heavy atom. The number of para-hydroxylation sites is 1. The van der Waals surface area contributed by atoms with Crippen LogP contribution in [0.2, 0.25) is 18.6 Å². The third-order valence-corrected chi connectivity index (χ3v) is 11.3. The van der Waals surface area contributed by atoms with E-state index in [-0.39, 0.29) is 22.2 Å². The van der Waals surface area contributed by atoms with Crippen molar-refractivity contribution in [2.24, 2.45) is 0 Å². The number of anilines is 1. The van der Waals surface area contributed by atoms with E-state index in [9.17, 15) is 14.7 Å². The predicted octanol–water partition coefficient (Wildman–Crippen LogP) is 5.11. The zero-order valence-corrected chi connectivity index (χ0v) is 20.2. The fourth-order valence-corrected chi connectivity index (χ4v) is 6.40. The van der Waals surface area contributed by atoms with E-state index in [1.54, 1.807) is 24.3 Å². The first-order chi connectivity index (χ1) is 14.5. The van der Waals surface area contributed by atoms with Crippen molar-refractivity contribution in [3.05, 3.63) is 63.9 Å². The van der Waals surface area contributed by atoms with Crippen molar-refractivity contribution in [1.82, 2.24) is 4.98 Å². The number of carbonyl (C=O) groups is 1. The molecule has 0 bridgehead atoms. The van der Waals surface area contributed by atoms with E-state index in [0.717, 1.165) is 22.8 Å². The Hall–Kier alpha value is -2.86. The van der Waals surface area contributed by atoms with Gasteiger partial charge in [0.25, 0.3) is 5.91 Å². The van der Waals surface area contributed by atoms with Crippen LogP contribution in [-0.2, 0) is 5.41 Å². The van der Waals surface area contributed by atoms with Crippen LogP contribution in [0.3, 0.4) is 0 Å². The molecule has 3 rings (SSSR count). The molecule has 5 nitrogen and oxygen atoms in total. The van der Waals surface area contributed by atoms with Crippen molar-refractivity contribution in [1.29, 1.82) is 0 Å². The number of nitrogens with one attached hydrogen (secondary N) is 2. The van der Waals surface area contributed by atoms with Gasteiger partial charge in [0, 0.05) is 28.9 Å². The van der Waals surface area contributed by atoms with Gasteiger partial charge in [-0.15, -0.1) is 0 Å². The summed E-state index contributed by atoms with van der Waals surface area (Å²) in [5, 5.41) is 15.3. The van der Waals surface area contributed by atoms with Crippen molar-refractivity contribution in [2.75, 3.05) is 5.32 Å². The van der Waals surface area contributed by atoms with Gasteiger partial charge in [-0.1, -0.05) is 71.5 Å². The molecule has 0 spiro atoms. The lowest BCUT2D eigenvalue weighted by atomic mass is 9.85. The SMILES string of the molecule is CC[Si](C)(CC)c1cc(C(C)(C)C)c(NC(=O)c2c[nH]c3ccccc3c2=O)cc1O. The number of pyridine rings is 1. The first-order valence-electron chi connectivity index (χ1n) is 10.8. The molecular formula is C25H32N2O3Si. The van der Waals surface area contributed by atoms with Crippen molar-refractivity contribution < 1.29 is 9.90 Å². The number of hydrogen-bond donors (Lipinski definition) is 3. The van der Waals surface area contributed by atoms with E-state index in [0.29, 0.717) is 16.6 Å². The molecule has 0 radical (unpaired) electrons. The Balaban J connectivity index is 2.09. The second kappa shape index (κ2) is 8.34. The Kier molecular flexibility index (Phi) is 6.14. The maximum atomic E-state index is 13.1. The summed E-state index contributed by atoms with van der Waals surface area (Å²) >= 11 is 0. The normalized spacial score (nSPS) is 12.2. The van der Waals surface area contributed by atoms with Crippen molar-refractivity contribution in [3.63, 3.8) is 0 Å². The van der Waals surface area contributed by atoms with Crippen LogP contribution >= 0.6 is 0 Å². The number of carbonyl (C=O) groups excluding carboxylic acids is 1. The molecule has 0 aliphatic heterocycles. The number of phenolic OH excluding ortho intramolecular Hbond substituents is 1. The number of H-pyrrole nitrogens is 1. The van der Waals surface area contributed by atoms with Crippen LogP contribution in [0.15, 0.2) is 47.4 Å². The summed E-state index contributed by atoms with van der Waals surface area (Å²) in [7, 11) is -1.81. The lowest BCUT2D eigenvalue weighted by Gasteiger charge is -2.30. The van der Waals surface area contributed by atoms with Gasteiger partial charge in [0.15, 0.2) is 0 Å². The molecule has 31 heavy (non-hydrogen) atoms. The largest absolute Gasteiger partial charge is 0.508 e. The molecule has 2 aromatic carbocycles. The Morgan fingerprint density at radius 1 is 1.13 bits per heavy atom. The molecule has 0 fully saturated rings. The zero-order chi connectivity index (χ0) is 23.0. The Morgan fingerprint density at radius 2 is 1.77 bits per heavy atom.